The fourth-order valence-corrected chi connectivity index (χ4v) is 2.54. The van der Waals surface area contributed by atoms with Crippen molar-refractivity contribution < 1.29 is 4.42 Å². The highest BCUT2D eigenvalue weighted by Gasteiger charge is 2.13. The van der Waals surface area contributed by atoms with Crippen molar-refractivity contribution in [3.8, 4) is 12.3 Å². The first kappa shape index (κ1) is 14.2. The number of hydrogen-bond acceptors (Lipinski definition) is 2. The molecule has 0 N–H and O–H groups in total. The summed E-state index contributed by atoms with van der Waals surface area (Å²) in [5.41, 5.74) is 3.77. The smallest absolute Gasteiger partial charge is 0.201 e. The number of allylic oxidation sites excluding steroid dienone is 1. The van der Waals surface area contributed by atoms with Crippen LogP contribution in [0.15, 0.2) is 51.2 Å². The average Bonchev–Trinajstić information content (AvgIpc) is 2.55. The average molecular weight is 288 g/mol. The van der Waals surface area contributed by atoms with Gasteiger partial charge in [0.05, 0.1) is 10.8 Å². The van der Waals surface area contributed by atoms with Gasteiger partial charge in [-0.05, 0) is 37.6 Å². The summed E-state index contributed by atoms with van der Waals surface area (Å²) in [6.45, 7) is 4.10. The molecule has 0 bridgehead atoms. The zero-order valence-corrected chi connectivity index (χ0v) is 12.6. The molecular weight excluding hydrogens is 272 g/mol. The molecule has 2 aromatic carbocycles. The van der Waals surface area contributed by atoms with E-state index >= 15 is 0 Å². The van der Waals surface area contributed by atoms with Crippen LogP contribution in [0.2, 0.25) is 0 Å². The Hall–Kier alpha value is -2.79. The van der Waals surface area contributed by atoms with Gasteiger partial charge in [0.2, 0.25) is 5.43 Å². The van der Waals surface area contributed by atoms with Crippen molar-refractivity contribution >= 4 is 28.0 Å². The molecule has 0 aliphatic rings. The molecule has 0 aliphatic heterocycles. The number of benzene rings is 2. The van der Waals surface area contributed by atoms with Crippen molar-refractivity contribution in [3.05, 3.63) is 63.3 Å². The predicted molar refractivity (Wildman–Crippen MR) is 91.9 cm³/mol. The molecule has 22 heavy (non-hydrogen) atoms. The summed E-state index contributed by atoms with van der Waals surface area (Å²) in [7, 11) is 0. The van der Waals surface area contributed by atoms with Gasteiger partial charge in [0.25, 0.3) is 0 Å². The fraction of sp³-hybridized carbons (Fsp3) is 0.150. The van der Waals surface area contributed by atoms with E-state index in [1.807, 2.05) is 31.2 Å². The second-order valence-corrected chi connectivity index (χ2v) is 5.32. The Morgan fingerprint density at radius 3 is 2.73 bits per heavy atom. The lowest BCUT2D eigenvalue weighted by Crippen LogP contribution is -2.05. The third kappa shape index (κ3) is 2.21. The Morgan fingerprint density at radius 1 is 1.23 bits per heavy atom. The summed E-state index contributed by atoms with van der Waals surface area (Å²) in [6.07, 6.45) is 8.50. The van der Waals surface area contributed by atoms with E-state index in [0.29, 0.717) is 27.5 Å². The third-order valence-corrected chi connectivity index (χ3v) is 3.89. The molecule has 3 rings (SSSR count). The van der Waals surface area contributed by atoms with Crippen LogP contribution in [0, 0.1) is 12.3 Å². The van der Waals surface area contributed by atoms with Crippen molar-refractivity contribution in [2.75, 3.05) is 0 Å². The van der Waals surface area contributed by atoms with E-state index in [1.165, 1.54) is 0 Å². The van der Waals surface area contributed by atoms with Crippen LogP contribution in [0.4, 0.5) is 0 Å². The summed E-state index contributed by atoms with van der Waals surface area (Å²) in [5.74, 6) is 2.67. The Balaban J connectivity index is 2.53. The molecule has 0 aliphatic carbocycles. The normalized spacial score (nSPS) is 11.8. The maximum atomic E-state index is 12.9. The minimum Gasteiger partial charge on any atom is -0.456 e. The first-order chi connectivity index (χ1) is 10.7. The van der Waals surface area contributed by atoms with Crippen LogP contribution >= 0.6 is 0 Å². The number of terminal acetylenes is 1. The van der Waals surface area contributed by atoms with Crippen LogP contribution in [-0.2, 0) is 0 Å². The second-order valence-electron chi connectivity index (χ2n) is 5.32. The summed E-state index contributed by atoms with van der Waals surface area (Å²) in [4.78, 5) is 12.9. The Morgan fingerprint density at radius 2 is 2.00 bits per heavy atom. The van der Waals surface area contributed by atoms with Crippen molar-refractivity contribution in [3.63, 3.8) is 0 Å². The van der Waals surface area contributed by atoms with Gasteiger partial charge >= 0.3 is 0 Å². The standard InChI is InChI=1S/C20H16O2/c1-4-13(3)12-16-14(5-2)10-11-18-19(16)20(21)15-8-6-7-9-17(15)22-18/h2,6-12H,4H2,1,3H3/b13-12+. The highest BCUT2D eigenvalue weighted by atomic mass is 16.3. The van der Waals surface area contributed by atoms with Crippen molar-refractivity contribution in [1.29, 1.82) is 0 Å². The molecule has 2 nitrogen and oxygen atoms in total. The second kappa shape index (κ2) is 5.54. The van der Waals surface area contributed by atoms with Gasteiger partial charge in [0.1, 0.15) is 11.2 Å². The molecule has 0 atom stereocenters. The third-order valence-electron chi connectivity index (χ3n) is 3.89. The molecule has 0 spiro atoms. The van der Waals surface area contributed by atoms with Crippen LogP contribution in [0.3, 0.4) is 0 Å². The van der Waals surface area contributed by atoms with E-state index in [2.05, 4.69) is 12.8 Å². The Labute approximate surface area is 129 Å². The molecule has 108 valence electrons. The monoisotopic (exact) mass is 288 g/mol. The van der Waals surface area contributed by atoms with E-state index in [1.54, 1.807) is 18.2 Å². The lowest BCUT2D eigenvalue weighted by atomic mass is 9.98. The maximum Gasteiger partial charge on any atom is 0.201 e. The van der Waals surface area contributed by atoms with Gasteiger partial charge in [-0.15, -0.1) is 6.42 Å². The molecule has 0 saturated carbocycles. The van der Waals surface area contributed by atoms with E-state index in [0.717, 1.165) is 17.6 Å². The minimum atomic E-state index is -0.0379. The fourth-order valence-electron chi connectivity index (χ4n) is 2.54. The van der Waals surface area contributed by atoms with Crippen molar-refractivity contribution in [1.82, 2.24) is 0 Å². The van der Waals surface area contributed by atoms with Gasteiger partial charge in [-0.1, -0.05) is 36.6 Å². The lowest BCUT2D eigenvalue weighted by molar-refractivity contribution is 0.660. The molecule has 0 radical (unpaired) electrons. The summed E-state index contributed by atoms with van der Waals surface area (Å²) in [5, 5.41) is 1.13. The molecule has 0 unspecified atom stereocenters. The number of para-hydroxylation sites is 1. The van der Waals surface area contributed by atoms with Crippen LogP contribution in [0.5, 0.6) is 0 Å². The van der Waals surface area contributed by atoms with Gasteiger partial charge in [0.15, 0.2) is 0 Å². The van der Waals surface area contributed by atoms with Gasteiger partial charge in [0, 0.05) is 11.1 Å². The van der Waals surface area contributed by atoms with E-state index in [-0.39, 0.29) is 5.43 Å². The molecule has 0 fully saturated rings. The quantitative estimate of drug-likeness (QED) is 0.503. The first-order valence-electron chi connectivity index (χ1n) is 7.28. The molecule has 0 amide bonds. The highest BCUT2D eigenvalue weighted by molar-refractivity contribution is 5.96. The van der Waals surface area contributed by atoms with Gasteiger partial charge in [-0.2, -0.15) is 0 Å². The molecule has 3 aromatic rings. The number of fused-ring (bicyclic) bond motifs is 2. The minimum absolute atomic E-state index is 0.0379. The summed E-state index contributed by atoms with van der Waals surface area (Å²) < 4.78 is 5.88. The summed E-state index contributed by atoms with van der Waals surface area (Å²) >= 11 is 0. The SMILES string of the molecule is C#Cc1ccc2oc3ccccc3c(=O)c2c1/C=C(\C)CC. The zero-order chi connectivity index (χ0) is 15.7. The Kier molecular flexibility index (Phi) is 3.56. The van der Waals surface area contributed by atoms with E-state index in [9.17, 15) is 4.79 Å². The number of hydrogen-bond donors (Lipinski definition) is 0. The van der Waals surface area contributed by atoms with Gasteiger partial charge in [-0.3, -0.25) is 4.79 Å². The van der Waals surface area contributed by atoms with Crippen molar-refractivity contribution in [2.24, 2.45) is 0 Å². The largest absolute Gasteiger partial charge is 0.456 e. The Bertz CT molecular complexity index is 998. The molecule has 0 saturated heterocycles. The topological polar surface area (TPSA) is 30.2 Å². The molecule has 1 heterocycles. The molecule has 2 heteroatoms. The molecule has 1 aromatic heterocycles. The first-order valence-corrected chi connectivity index (χ1v) is 7.28. The maximum absolute atomic E-state index is 12.9. The van der Waals surface area contributed by atoms with Crippen LogP contribution in [0.25, 0.3) is 28.0 Å². The highest BCUT2D eigenvalue weighted by Crippen LogP contribution is 2.26. The number of rotatable bonds is 2. The van der Waals surface area contributed by atoms with Crippen molar-refractivity contribution in [2.45, 2.75) is 20.3 Å². The van der Waals surface area contributed by atoms with Crippen LogP contribution in [0.1, 0.15) is 31.4 Å². The van der Waals surface area contributed by atoms with E-state index < -0.39 is 0 Å². The lowest BCUT2D eigenvalue weighted by Gasteiger charge is -2.07. The van der Waals surface area contributed by atoms with Crippen LogP contribution < -0.4 is 5.43 Å². The zero-order valence-electron chi connectivity index (χ0n) is 12.6. The molecular formula is C20H16O2. The van der Waals surface area contributed by atoms with Gasteiger partial charge in [-0.25, -0.2) is 0 Å². The summed E-state index contributed by atoms with van der Waals surface area (Å²) in [6, 6.07) is 10.9. The predicted octanol–water partition coefficient (Wildman–Crippen LogP) is 4.74. The van der Waals surface area contributed by atoms with E-state index in [4.69, 9.17) is 10.8 Å². The van der Waals surface area contributed by atoms with Crippen LogP contribution in [-0.4, -0.2) is 0 Å². The van der Waals surface area contributed by atoms with Gasteiger partial charge < -0.3 is 4.42 Å².